The molecule has 0 bridgehead atoms. The molecule has 0 spiro atoms. The Kier molecular flexibility index (Phi) is 9.32. The molecule has 2 aromatic carbocycles. The second kappa shape index (κ2) is 12.4. The quantitative estimate of drug-likeness (QED) is 0.448. The van der Waals surface area contributed by atoms with Crippen molar-refractivity contribution in [2.75, 3.05) is 13.2 Å². The zero-order valence-electron chi connectivity index (χ0n) is 18.7. The van der Waals surface area contributed by atoms with Crippen molar-refractivity contribution in [3.8, 4) is 0 Å². The summed E-state index contributed by atoms with van der Waals surface area (Å²) in [6.45, 7) is 8.19. The second-order valence-electron chi connectivity index (χ2n) is 8.50. The van der Waals surface area contributed by atoms with Crippen LogP contribution in [0.25, 0.3) is 0 Å². The molecule has 1 aliphatic rings. The van der Waals surface area contributed by atoms with E-state index in [1.807, 2.05) is 43.3 Å². The Morgan fingerprint density at radius 1 is 0.871 bits per heavy atom. The summed E-state index contributed by atoms with van der Waals surface area (Å²) in [5.41, 5.74) is 3.35. The molecule has 0 N–H and O–H groups in total. The third-order valence-corrected chi connectivity index (χ3v) is 5.76. The topological polar surface area (TPSA) is 38.8 Å². The van der Waals surface area contributed by atoms with E-state index < -0.39 is 0 Å². The van der Waals surface area contributed by atoms with Gasteiger partial charge >= 0.3 is 0 Å². The monoisotopic (exact) mass is 421 g/mol. The first-order valence-electron chi connectivity index (χ1n) is 11.3. The molecule has 1 amide bonds. The summed E-state index contributed by atoms with van der Waals surface area (Å²) in [6.07, 6.45) is 4.26. The van der Waals surface area contributed by atoms with Gasteiger partial charge in [-0.05, 0) is 43.7 Å². The van der Waals surface area contributed by atoms with Gasteiger partial charge in [-0.1, -0.05) is 66.2 Å². The highest BCUT2D eigenvalue weighted by molar-refractivity contribution is 5.77. The summed E-state index contributed by atoms with van der Waals surface area (Å²) in [4.78, 5) is 15.2. The molecule has 2 atom stereocenters. The molecular weight excluding hydrogens is 386 g/mol. The molecule has 0 unspecified atom stereocenters. The first kappa shape index (κ1) is 23.2. The molecule has 4 heteroatoms. The van der Waals surface area contributed by atoms with Crippen molar-refractivity contribution in [3.05, 3.63) is 83.9 Å². The van der Waals surface area contributed by atoms with E-state index in [4.69, 9.17) is 9.47 Å². The van der Waals surface area contributed by atoms with Gasteiger partial charge < -0.3 is 14.4 Å². The molecule has 0 saturated carbocycles. The summed E-state index contributed by atoms with van der Waals surface area (Å²) in [5, 5.41) is 0. The number of rotatable bonds is 11. The molecule has 3 rings (SSSR count). The Balaban J connectivity index is 1.59. The third-order valence-electron chi connectivity index (χ3n) is 5.76. The molecule has 4 nitrogen and oxygen atoms in total. The van der Waals surface area contributed by atoms with E-state index in [1.54, 1.807) is 0 Å². The fraction of sp³-hybridized carbons (Fsp3) is 0.444. The van der Waals surface area contributed by atoms with Gasteiger partial charge in [-0.2, -0.15) is 0 Å². The van der Waals surface area contributed by atoms with E-state index in [0.29, 0.717) is 32.8 Å². The van der Waals surface area contributed by atoms with Crippen LogP contribution in [0.4, 0.5) is 0 Å². The highest BCUT2D eigenvalue weighted by Crippen LogP contribution is 2.26. The van der Waals surface area contributed by atoms with Crippen LogP contribution in [-0.2, 0) is 27.5 Å². The Bertz CT molecular complexity index is 752. The Hall–Kier alpha value is -2.43. The Morgan fingerprint density at radius 3 is 1.81 bits per heavy atom. The summed E-state index contributed by atoms with van der Waals surface area (Å²) < 4.78 is 12.1. The van der Waals surface area contributed by atoms with Crippen molar-refractivity contribution in [2.45, 2.75) is 64.3 Å². The molecule has 2 aromatic rings. The van der Waals surface area contributed by atoms with Gasteiger partial charge in [0.15, 0.2) is 0 Å². The number of carbonyl (C=O) groups is 1. The maximum Gasteiger partial charge on any atom is 0.223 e. The average Bonchev–Trinajstić information content (AvgIpc) is 2.79. The Labute approximate surface area is 186 Å². The smallest absolute Gasteiger partial charge is 0.223 e. The number of hydrogen-bond acceptors (Lipinski definition) is 3. The summed E-state index contributed by atoms with van der Waals surface area (Å²) >= 11 is 0. The van der Waals surface area contributed by atoms with Crippen LogP contribution in [0.1, 0.15) is 50.2 Å². The lowest BCUT2D eigenvalue weighted by atomic mass is 9.95. The van der Waals surface area contributed by atoms with Gasteiger partial charge in [-0.15, -0.1) is 6.58 Å². The van der Waals surface area contributed by atoms with E-state index in [-0.39, 0.29) is 18.0 Å². The average molecular weight is 422 g/mol. The molecule has 1 fully saturated rings. The zero-order chi connectivity index (χ0) is 21.9. The number of benzene rings is 2. The van der Waals surface area contributed by atoms with Crippen molar-refractivity contribution in [3.63, 3.8) is 0 Å². The number of likely N-dealkylation sites (tertiary alicyclic amines) is 1. The van der Waals surface area contributed by atoms with Crippen molar-refractivity contribution in [1.29, 1.82) is 0 Å². The second-order valence-corrected chi connectivity index (χ2v) is 8.50. The Morgan fingerprint density at radius 2 is 1.35 bits per heavy atom. The van der Waals surface area contributed by atoms with Crippen molar-refractivity contribution >= 4 is 5.91 Å². The van der Waals surface area contributed by atoms with Gasteiger partial charge in [0.25, 0.3) is 0 Å². The van der Waals surface area contributed by atoms with E-state index in [0.717, 1.165) is 42.4 Å². The third kappa shape index (κ3) is 7.64. The van der Waals surface area contributed by atoms with E-state index in [1.165, 1.54) is 0 Å². The lowest BCUT2D eigenvalue weighted by Gasteiger charge is -2.42. The molecule has 0 aliphatic carbocycles. The normalized spacial score (nSPS) is 18.7. The van der Waals surface area contributed by atoms with Crippen molar-refractivity contribution in [2.24, 2.45) is 0 Å². The van der Waals surface area contributed by atoms with Crippen LogP contribution in [0.2, 0.25) is 0 Å². The number of hydrogen-bond donors (Lipinski definition) is 0. The van der Waals surface area contributed by atoms with Gasteiger partial charge in [-0.3, -0.25) is 4.79 Å². The highest BCUT2D eigenvalue weighted by atomic mass is 16.5. The fourth-order valence-electron chi connectivity index (χ4n) is 4.12. The van der Waals surface area contributed by atoms with E-state index in [9.17, 15) is 4.79 Å². The molecule has 1 heterocycles. The molecule has 166 valence electrons. The van der Waals surface area contributed by atoms with E-state index in [2.05, 4.69) is 35.7 Å². The minimum Gasteiger partial charge on any atom is -0.375 e. The maximum atomic E-state index is 13.2. The predicted octanol–water partition coefficient (Wildman–Crippen LogP) is 5.53. The first-order valence-corrected chi connectivity index (χ1v) is 11.3. The maximum absolute atomic E-state index is 13.2. The van der Waals surface area contributed by atoms with Gasteiger partial charge in [0.05, 0.1) is 38.5 Å². The van der Waals surface area contributed by atoms with Crippen LogP contribution in [0.5, 0.6) is 0 Å². The van der Waals surface area contributed by atoms with E-state index >= 15 is 0 Å². The lowest BCUT2D eigenvalue weighted by molar-refractivity contribution is -0.143. The first-order chi connectivity index (χ1) is 15.1. The standard InChI is InChI=1S/C27H35NO3/c1-22(2)16-17-27(29)28-25(20-30-18-23-10-5-3-6-11-23)14-9-15-26(28)21-31-19-24-12-7-4-8-13-24/h3-8,10-13,25-26H,1,9,14-21H2,2H3/t25-,26-/m1/s1. The summed E-state index contributed by atoms with van der Waals surface area (Å²) in [5.74, 6) is 0.185. The van der Waals surface area contributed by atoms with Crippen LogP contribution in [0.15, 0.2) is 72.8 Å². The lowest BCUT2D eigenvalue weighted by Crippen LogP contribution is -2.53. The number of carbonyl (C=O) groups excluding carboxylic acids is 1. The zero-order valence-corrected chi connectivity index (χ0v) is 18.7. The SMILES string of the molecule is C=C(C)CCC(=O)N1[C@@H](COCc2ccccc2)CCC[C@@H]1COCc1ccccc1. The fourth-order valence-corrected chi connectivity index (χ4v) is 4.12. The van der Waals surface area contributed by atoms with Crippen LogP contribution in [0.3, 0.4) is 0 Å². The number of nitrogens with zero attached hydrogens (tertiary/aromatic N) is 1. The minimum absolute atomic E-state index is 0.0976. The predicted molar refractivity (Wildman–Crippen MR) is 125 cm³/mol. The van der Waals surface area contributed by atoms with Gasteiger partial charge in [0.2, 0.25) is 5.91 Å². The van der Waals surface area contributed by atoms with Crippen LogP contribution in [-0.4, -0.2) is 36.1 Å². The minimum atomic E-state index is 0.0976. The van der Waals surface area contributed by atoms with Crippen molar-refractivity contribution < 1.29 is 14.3 Å². The molecule has 1 saturated heterocycles. The molecule has 0 aromatic heterocycles. The number of amides is 1. The molecule has 31 heavy (non-hydrogen) atoms. The summed E-state index contributed by atoms with van der Waals surface area (Å²) in [7, 11) is 0. The molecular formula is C27H35NO3. The molecule has 0 radical (unpaired) electrons. The van der Waals surface area contributed by atoms with Gasteiger partial charge in [0, 0.05) is 6.42 Å². The summed E-state index contributed by atoms with van der Waals surface area (Å²) in [6, 6.07) is 20.6. The molecule has 1 aliphatic heterocycles. The number of ether oxygens (including phenoxy) is 2. The number of allylic oxidation sites excluding steroid dienone is 1. The largest absolute Gasteiger partial charge is 0.375 e. The van der Waals surface area contributed by atoms with Crippen LogP contribution < -0.4 is 0 Å². The van der Waals surface area contributed by atoms with Gasteiger partial charge in [0.1, 0.15) is 0 Å². The number of piperidine rings is 1. The highest BCUT2D eigenvalue weighted by Gasteiger charge is 2.34. The van der Waals surface area contributed by atoms with Crippen molar-refractivity contribution in [1.82, 2.24) is 4.90 Å². The van der Waals surface area contributed by atoms with Gasteiger partial charge in [-0.25, -0.2) is 0 Å². The van der Waals surface area contributed by atoms with Crippen LogP contribution in [0, 0.1) is 0 Å². The van der Waals surface area contributed by atoms with Crippen LogP contribution >= 0.6 is 0 Å².